The summed E-state index contributed by atoms with van der Waals surface area (Å²) in [5.41, 5.74) is 6.94. The maximum Gasteiger partial charge on any atom is 0.228 e. The number of benzene rings is 3. The highest BCUT2D eigenvalue weighted by Gasteiger charge is 2.16. The van der Waals surface area contributed by atoms with E-state index in [1.54, 1.807) is 0 Å². The minimum Gasteiger partial charge on any atom is -0.367 e. The van der Waals surface area contributed by atoms with Gasteiger partial charge < -0.3 is 15.2 Å². The van der Waals surface area contributed by atoms with Crippen molar-refractivity contribution >= 4 is 28.2 Å². The highest BCUT2D eigenvalue weighted by molar-refractivity contribution is 5.95. The molecule has 0 saturated heterocycles. The van der Waals surface area contributed by atoms with Gasteiger partial charge in [0.1, 0.15) is 0 Å². The first-order valence-electron chi connectivity index (χ1n) is 10.0. The fourth-order valence-electron chi connectivity index (χ4n) is 4.13. The summed E-state index contributed by atoms with van der Waals surface area (Å²) in [4.78, 5) is 18.1. The minimum absolute atomic E-state index is 0.00518. The summed E-state index contributed by atoms with van der Waals surface area (Å²) >= 11 is 0. The van der Waals surface area contributed by atoms with Crippen LogP contribution < -0.4 is 10.2 Å². The van der Waals surface area contributed by atoms with Crippen LogP contribution in [0.3, 0.4) is 0 Å². The molecule has 0 atom stereocenters. The average Bonchev–Trinajstić information content (AvgIpc) is 3.17. The number of carbonyl (C=O) groups excluding carboxylic acids is 1. The summed E-state index contributed by atoms with van der Waals surface area (Å²) in [6.07, 6.45) is 3.34. The third kappa shape index (κ3) is 3.61. The summed E-state index contributed by atoms with van der Waals surface area (Å²) in [5.74, 6) is -0.00518. The highest BCUT2D eigenvalue weighted by Crippen LogP contribution is 2.26. The van der Waals surface area contributed by atoms with Gasteiger partial charge >= 0.3 is 0 Å². The predicted molar refractivity (Wildman–Crippen MR) is 118 cm³/mol. The van der Waals surface area contributed by atoms with E-state index in [1.807, 2.05) is 42.6 Å². The van der Waals surface area contributed by atoms with Gasteiger partial charge in [-0.05, 0) is 53.4 Å². The normalized spacial score (nSPS) is 13.3. The van der Waals surface area contributed by atoms with Gasteiger partial charge in [-0.15, -0.1) is 0 Å². The zero-order valence-corrected chi connectivity index (χ0v) is 16.2. The number of carbonyl (C=O) groups is 1. The molecule has 29 heavy (non-hydrogen) atoms. The Morgan fingerprint density at radius 1 is 0.931 bits per heavy atom. The van der Waals surface area contributed by atoms with E-state index in [0.717, 1.165) is 41.7 Å². The molecule has 2 N–H and O–H groups in total. The molecule has 0 bridgehead atoms. The lowest BCUT2D eigenvalue weighted by atomic mass is 9.99. The van der Waals surface area contributed by atoms with Crippen LogP contribution in [0, 0.1) is 0 Å². The van der Waals surface area contributed by atoms with Crippen LogP contribution in [0.5, 0.6) is 0 Å². The highest BCUT2D eigenvalue weighted by atomic mass is 16.1. The standard InChI is InChI=1S/C25H23N3O/c29-25(15-20-16-26-24-8-4-3-7-23(20)24)27-21-9-11-22(12-10-21)28-14-13-18-5-1-2-6-19(18)17-28/h1-12,16,26H,13-15,17H2,(H,27,29). The Bertz CT molecular complexity index is 1160. The van der Waals surface area contributed by atoms with E-state index < -0.39 is 0 Å². The number of rotatable bonds is 4. The Morgan fingerprint density at radius 3 is 2.55 bits per heavy atom. The topological polar surface area (TPSA) is 48.1 Å². The molecule has 1 amide bonds. The SMILES string of the molecule is O=C(Cc1c[nH]c2ccccc12)Nc1ccc(N2CCc3ccccc3C2)cc1. The lowest BCUT2D eigenvalue weighted by molar-refractivity contribution is -0.115. The van der Waals surface area contributed by atoms with E-state index in [-0.39, 0.29) is 5.91 Å². The lowest BCUT2D eigenvalue weighted by Crippen LogP contribution is -2.30. The van der Waals surface area contributed by atoms with Gasteiger partial charge in [-0.3, -0.25) is 4.79 Å². The molecule has 3 aromatic carbocycles. The third-order valence-corrected chi connectivity index (χ3v) is 5.67. The molecule has 4 aromatic rings. The van der Waals surface area contributed by atoms with Crippen LogP contribution in [-0.4, -0.2) is 17.4 Å². The second-order valence-corrected chi connectivity index (χ2v) is 7.57. The summed E-state index contributed by atoms with van der Waals surface area (Å²) in [6, 6.07) is 24.9. The number of amides is 1. The van der Waals surface area contributed by atoms with Crippen molar-refractivity contribution in [2.24, 2.45) is 0 Å². The molecule has 0 saturated carbocycles. The third-order valence-electron chi connectivity index (χ3n) is 5.67. The Hall–Kier alpha value is -3.53. The number of hydrogen-bond acceptors (Lipinski definition) is 2. The van der Waals surface area contributed by atoms with Gasteiger partial charge in [-0.1, -0.05) is 42.5 Å². The number of aromatic nitrogens is 1. The van der Waals surface area contributed by atoms with Gasteiger partial charge in [0.25, 0.3) is 0 Å². The molecule has 2 heterocycles. The van der Waals surface area contributed by atoms with Crippen molar-refractivity contribution in [3.63, 3.8) is 0 Å². The monoisotopic (exact) mass is 381 g/mol. The Balaban J connectivity index is 1.24. The first-order chi connectivity index (χ1) is 14.3. The molecule has 0 radical (unpaired) electrons. The van der Waals surface area contributed by atoms with Gasteiger partial charge in [0.2, 0.25) is 5.91 Å². The molecule has 0 spiro atoms. The molecule has 1 aliphatic heterocycles. The zero-order chi connectivity index (χ0) is 19.6. The number of aromatic amines is 1. The van der Waals surface area contributed by atoms with Crippen molar-refractivity contribution in [1.29, 1.82) is 0 Å². The summed E-state index contributed by atoms with van der Waals surface area (Å²) in [6.45, 7) is 1.95. The number of hydrogen-bond donors (Lipinski definition) is 2. The molecule has 4 nitrogen and oxygen atoms in total. The number of para-hydroxylation sites is 1. The minimum atomic E-state index is -0.00518. The largest absolute Gasteiger partial charge is 0.367 e. The van der Waals surface area contributed by atoms with Crippen LogP contribution in [0.1, 0.15) is 16.7 Å². The van der Waals surface area contributed by atoms with Crippen molar-refractivity contribution in [1.82, 2.24) is 4.98 Å². The molecule has 1 aromatic heterocycles. The van der Waals surface area contributed by atoms with E-state index in [1.165, 1.54) is 16.8 Å². The molecular weight excluding hydrogens is 358 g/mol. The van der Waals surface area contributed by atoms with Gasteiger partial charge in [0.05, 0.1) is 6.42 Å². The van der Waals surface area contributed by atoms with E-state index in [9.17, 15) is 4.79 Å². The molecular formula is C25H23N3O. The van der Waals surface area contributed by atoms with Crippen LogP contribution in [0.4, 0.5) is 11.4 Å². The first-order valence-corrected chi connectivity index (χ1v) is 10.0. The number of anilines is 2. The molecule has 1 aliphatic rings. The smallest absolute Gasteiger partial charge is 0.228 e. The van der Waals surface area contributed by atoms with Gasteiger partial charge in [0, 0.05) is 41.6 Å². The van der Waals surface area contributed by atoms with E-state index >= 15 is 0 Å². The van der Waals surface area contributed by atoms with E-state index in [2.05, 4.69) is 51.6 Å². The van der Waals surface area contributed by atoms with Crippen LogP contribution in [0.2, 0.25) is 0 Å². The molecule has 0 unspecified atom stereocenters. The summed E-state index contributed by atoms with van der Waals surface area (Å²) in [7, 11) is 0. The first kappa shape index (κ1) is 17.6. The molecule has 5 rings (SSSR count). The fraction of sp³-hybridized carbons (Fsp3) is 0.160. The summed E-state index contributed by atoms with van der Waals surface area (Å²) in [5, 5.41) is 4.12. The van der Waals surface area contributed by atoms with E-state index in [4.69, 9.17) is 0 Å². The lowest BCUT2D eigenvalue weighted by Gasteiger charge is -2.30. The molecule has 144 valence electrons. The molecule has 0 fully saturated rings. The van der Waals surface area contributed by atoms with Gasteiger partial charge in [0.15, 0.2) is 0 Å². The molecule has 4 heteroatoms. The maximum absolute atomic E-state index is 12.5. The van der Waals surface area contributed by atoms with Crippen molar-refractivity contribution in [3.8, 4) is 0 Å². The van der Waals surface area contributed by atoms with Crippen LogP contribution in [-0.2, 0) is 24.2 Å². The second kappa shape index (κ2) is 7.47. The molecule has 0 aliphatic carbocycles. The van der Waals surface area contributed by atoms with Crippen molar-refractivity contribution in [2.75, 3.05) is 16.8 Å². The summed E-state index contributed by atoms with van der Waals surface area (Å²) < 4.78 is 0. The number of nitrogens with one attached hydrogen (secondary N) is 2. The second-order valence-electron chi connectivity index (χ2n) is 7.57. The van der Waals surface area contributed by atoms with Crippen LogP contribution in [0.15, 0.2) is 79.0 Å². The average molecular weight is 381 g/mol. The van der Waals surface area contributed by atoms with Crippen molar-refractivity contribution < 1.29 is 4.79 Å². The maximum atomic E-state index is 12.5. The van der Waals surface area contributed by atoms with Gasteiger partial charge in [-0.25, -0.2) is 0 Å². The van der Waals surface area contributed by atoms with E-state index in [0.29, 0.717) is 6.42 Å². The Morgan fingerprint density at radius 2 is 1.69 bits per heavy atom. The van der Waals surface area contributed by atoms with Crippen LogP contribution in [0.25, 0.3) is 10.9 Å². The number of nitrogens with zero attached hydrogens (tertiary/aromatic N) is 1. The predicted octanol–water partition coefficient (Wildman–Crippen LogP) is 4.91. The number of fused-ring (bicyclic) bond motifs is 2. The zero-order valence-electron chi connectivity index (χ0n) is 16.2. The van der Waals surface area contributed by atoms with Crippen LogP contribution >= 0.6 is 0 Å². The quantitative estimate of drug-likeness (QED) is 0.528. The number of H-pyrrole nitrogens is 1. The van der Waals surface area contributed by atoms with Crippen molar-refractivity contribution in [3.05, 3.63) is 95.7 Å². The van der Waals surface area contributed by atoms with Crippen molar-refractivity contribution in [2.45, 2.75) is 19.4 Å². The van der Waals surface area contributed by atoms with Gasteiger partial charge in [-0.2, -0.15) is 0 Å². The Labute approximate surface area is 170 Å². The Kier molecular flexibility index (Phi) is 4.53. The fourth-order valence-corrected chi connectivity index (χ4v) is 4.13.